The van der Waals surface area contributed by atoms with Crippen LogP contribution in [0.4, 0.5) is 5.82 Å². The molecule has 0 atom stereocenters. The summed E-state index contributed by atoms with van der Waals surface area (Å²) in [6.45, 7) is 2.85. The molecule has 0 bridgehead atoms. The van der Waals surface area contributed by atoms with E-state index in [0.717, 1.165) is 60.0 Å². The minimum atomic E-state index is -0.396. The number of nitrogens with zero attached hydrogens (tertiary/aromatic N) is 3. The SMILES string of the molecule is Cc1nc2c(N)nc3ccccc3c2n1CCCC1(O)CC1. The number of hydrogen-bond acceptors (Lipinski definition) is 4. The minimum absolute atomic E-state index is 0.396. The van der Waals surface area contributed by atoms with E-state index in [9.17, 15) is 5.11 Å². The lowest BCUT2D eigenvalue weighted by molar-refractivity contribution is 0.136. The summed E-state index contributed by atoms with van der Waals surface area (Å²) in [5.74, 6) is 1.43. The van der Waals surface area contributed by atoms with Gasteiger partial charge in [0.05, 0.1) is 16.6 Å². The van der Waals surface area contributed by atoms with Crippen molar-refractivity contribution >= 4 is 27.8 Å². The monoisotopic (exact) mass is 296 g/mol. The molecule has 0 spiro atoms. The Morgan fingerprint density at radius 3 is 2.82 bits per heavy atom. The quantitative estimate of drug-likeness (QED) is 0.776. The van der Waals surface area contributed by atoms with Crippen LogP contribution in [0, 0.1) is 6.92 Å². The summed E-state index contributed by atoms with van der Waals surface area (Å²) in [4.78, 5) is 9.06. The number of aliphatic hydroxyl groups is 1. The van der Waals surface area contributed by atoms with Crippen molar-refractivity contribution in [1.82, 2.24) is 14.5 Å². The smallest absolute Gasteiger partial charge is 0.152 e. The molecule has 1 fully saturated rings. The lowest BCUT2D eigenvalue weighted by Gasteiger charge is -2.11. The van der Waals surface area contributed by atoms with Crippen LogP contribution in [0.5, 0.6) is 0 Å². The normalized spacial score (nSPS) is 16.5. The molecule has 0 radical (unpaired) electrons. The Hall–Kier alpha value is -2.14. The maximum atomic E-state index is 10.0. The van der Waals surface area contributed by atoms with Crippen LogP contribution in [0.1, 0.15) is 31.5 Å². The predicted octanol–water partition coefficient (Wildman–Crippen LogP) is 2.78. The molecule has 0 saturated heterocycles. The molecule has 5 nitrogen and oxygen atoms in total. The summed E-state index contributed by atoms with van der Waals surface area (Å²) >= 11 is 0. The molecule has 0 amide bonds. The Labute approximate surface area is 128 Å². The molecule has 1 aliphatic carbocycles. The first kappa shape index (κ1) is 13.5. The molecule has 0 aliphatic heterocycles. The molecule has 4 rings (SSSR count). The van der Waals surface area contributed by atoms with Gasteiger partial charge in [0, 0.05) is 11.9 Å². The van der Waals surface area contributed by atoms with Gasteiger partial charge < -0.3 is 15.4 Å². The Morgan fingerprint density at radius 2 is 2.05 bits per heavy atom. The number of fused-ring (bicyclic) bond motifs is 3. The van der Waals surface area contributed by atoms with Crippen molar-refractivity contribution in [1.29, 1.82) is 0 Å². The molecule has 2 heterocycles. The molecular weight excluding hydrogens is 276 g/mol. The molecule has 1 saturated carbocycles. The van der Waals surface area contributed by atoms with Crippen LogP contribution < -0.4 is 5.73 Å². The lowest BCUT2D eigenvalue weighted by Crippen LogP contribution is -2.09. The third-order valence-corrected chi connectivity index (χ3v) is 4.65. The van der Waals surface area contributed by atoms with Crippen LogP contribution in [-0.2, 0) is 6.54 Å². The molecule has 1 aliphatic rings. The van der Waals surface area contributed by atoms with Crippen LogP contribution in [0.25, 0.3) is 21.9 Å². The van der Waals surface area contributed by atoms with Crippen molar-refractivity contribution in [2.24, 2.45) is 0 Å². The van der Waals surface area contributed by atoms with Crippen LogP contribution >= 0.6 is 0 Å². The topological polar surface area (TPSA) is 77.0 Å². The van der Waals surface area contributed by atoms with E-state index in [0.29, 0.717) is 5.82 Å². The molecule has 3 N–H and O–H groups in total. The van der Waals surface area contributed by atoms with Gasteiger partial charge in [-0.3, -0.25) is 0 Å². The molecule has 114 valence electrons. The Bertz CT molecular complexity index is 864. The lowest BCUT2D eigenvalue weighted by atomic mass is 10.1. The average molecular weight is 296 g/mol. The Morgan fingerprint density at radius 1 is 1.27 bits per heavy atom. The second kappa shape index (κ2) is 4.68. The van der Waals surface area contributed by atoms with Crippen LogP contribution in [0.2, 0.25) is 0 Å². The highest BCUT2D eigenvalue weighted by Crippen LogP contribution is 2.39. The number of para-hydroxylation sites is 1. The van der Waals surface area contributed by atoms with E-state index in [1.807, 2.05) is 25.1 Å². The molecular formula is C17H20N4O. The van der Waals surface area contributed by atoms with Gasteiger partial charge in [0.2, 0.25) is 0 Å². The molecule has 22 heavy (non-hydrogen) atoms. The number of aromatic nitrogens is 3. The van der Waals surface area contributed by atoms with Gasteiger partial charge in [-0.2, -0.15) is 0 Å². The summed E-state index contributed by atoms with van der Waals surface area (Å²) in [6, 6.07) is 8.02. The van der Waals surface area contributed by atoms with Gasteiger partial charge in [-0.1, -0.05) is 18.2 Å². The van der Waals surface area contributed by atoms with Gasteiger partial charge in [0.15, 0.2) is 5.82 Å². The fraction of sp³-hybridized carbons (Fsp3) is 0.412. The van der Waals surface area contributed by atoms with Gasteiger partial charge in [0.1, 0.15) is 11.3 Å². The number of anilines is 1. The maximum absolute atomic E-state index is 10.0. The number of benzene rings is 1. The molecule has 3 aromatic rings. The van der Waals surface area contributed by atoms with E-state index >= 15 is 0 Å². The van der Waals surface area contributed by atoms with Crippen molar-refractivity contribution in [2.75, 3.05) is 5.73 Å². The summed E-state index contributed by atoms with van der Waals surface area (Å²) in [6.07, 6.45) is 3.68. The molecule has 2 aromatic heterocycles. The van der Waals surface area contributed by atoms with Gasteiger partial charge in [0.25, 0.3) is 0 Å². The number of pyridine rings is 1. The summed E-state index contributed by atoms with van der Waals surface area (Å²) in [7, 11) is 0. The first-order valence-corrected chi connectivity index (χ1v) is 7.81. The van der Waals surface area contributed by atoms with E-state index < -0.39 is 5.60 Å². The summed E-state index contributed by atoms with van der Waals surface area (Å²) in [5, 5.41) is 11.1. The number of imidazole rings is 1. The number of aryl methyl sites for hydroxylation is 2. The van der Waals surface area contributed by atoms with E-state index in [4.69, 9.17) is 5.73 Å². The molecule has 0 unspecified atom stereocenters. The second-order valence-electron chi connectivity index (χ2n) is 6.35. The highest BCUT2D eigenvalue weighted by Gasteiger charge is 2.39. The number of hydrogen-bond donors (Lipinski definition) is 2. The van der Waals surface area contributed by atoms with Gasteiger partial charge in [-0.25, -0.2) is 9.97 Å². The fourth-order valence-corrected chi connectivity index (χ4v) is 3.20. The summed E-state index contributed by atoms with van der Waals surface area (Å²) in [5.41, 5.74) is 8.42. The average Bonchev–Trinajstić information content (AvgIpc) is 3.13. The predicted molar refractivity (Wildman–Crippen MR) is 87.6 cm³/mol. The second-order valence-corrected chi connectivity index (χ2v) is 6.35. The molecule has 1 aromatic carbocycles. The first-order chi connectivity index (χ1) is 10.6. The zero-order chi connectivity index (χ0) is 15.3. The third-order valence-electron chi connectivity index (χ3n) is 4.65. The van der Waals surface area contributed by atoms with Crippen molar-refractivity contribution in [3.63, 3.8) is 0 Å². The third kappa shape index (κ3) is 2.13. The van der Waals surface area contributed by atoms with Crippen molar-refractivity contribution in [3.8, 4) is 0 Å². The largest absolute Gasteiger partial charge is 0.390 e. The van der Waals surface area contributed by atoms with E-state index in [1.165, 1.54) is 0 Å². The number of nitrogen functional groups attached to an aromatic ring is 1. The number of rotatable bonds is 4. The maximum Gasteiger partial charge on any atom is 0.152 e. The zero-order valence-corrected chi connectivity index (χ0v) is 12.7. The number of nitrogens with two attached hydrogens (primary N) is 1. The van der Waals surface area contributed by atoms with Gasteiger partial charge in [-0.05, 0) is 38.7 Å². The first-order valence-electron chi connectivity index (χ1n) is 7.81. The minimum Gasteiger partial charge on any atom is -0.390 e. The van der Waals surface area contributed by atoms with Gasteiger partial charge in [-0.15, -0.1) is 0 Å². The van der Waals surface area contributed by atoms with Crippen LogP contribution in [0.3, 0.4) is 0 Å². The summed E-state index contributed by atoms with van der Waals surface area (Å²) < 4.78 is 2.21. The highest BCUT2D eigenvalue weighted by atomic mass is 16.3. The Balaban J connectivity index is 1.80. The van der Waals surface area contributed by atoms with Crippen molar-refractivity contribution < 1.29 is 5.11 Å². The van der Waals surface area contributed by atoms with E-state index in [2.05, 4.69) is 20.6 Å². The zero-order valence-electron chi connectivity index (χ0n) is 12.7. The van der Waals surface area contributed by atoms with Crippen molar-refractivity contribution in [3.05, 3.63) is 30.1 Å². The van der Waals surface area contributed by atoms with Gasteiger partial charge >= 0.3 is 0 Å². The standard InChI is InChI=1S/C17H20N4O/c1-11-19-14-15(21(11)10-4-7-17(22)8-9-17)12-5-2-3-6-13(12)20-16(14)18/h2-3,5-6,22H,4,7-10H2,1H3,(H2,18,20). The van der Waals surface area contributed by atoms with Crippen LogP contribution in [0.15, 0.2) is 24.3 Å². The fourth-order valence-electron chi connectivity index (χ4n) is 3.20. The van der Waals surface area contributed by atoms with E-state index in [-0.39, 0.29) is 0 Å². The van der Waals surface area contributed by atoms with Crippen molar-refractivity contribution in [2.45, 2.75) is 44.8 Å². The molecule has 5 heteroatoms. The van der Waals surface area contributed by atoms with Crippen LogP contribution in [-0.4, -0.2) is 25.2 Å². The van der Waals surface area contributed by atoms with E-state index in [1.54, 1.807) is 0 Å². The highest BCUT2D eigenvalue weighted by molar-refractivity contribution is 6.06. The Kier molecular flexibility index (Phi) is 2.87.